The van der Waals surface area contributed by atoms with E-state index in [1.807, 2.05) is 30.3 Å². The fourth-order valence-electron chi connectivity index (χ4n) is 2.04. The van der Waals surface area contributed by atoms with Crippen LogP contribution in [0.5, 0.6) is 11.5 Å². The summed E-state index contributed by atoms with van der Waals surface area (Å²) in [6, 6.07) is 14.3. The zero-order chi connectivity index (χ0) is 14.8. The van der Waals surface area contributed by atoms with Gasteiger partial charge in [-0.15, -0.1) is 0 Å². The summed E-state index contributed by atoms with van der Waals surface area (Å²) in [6.45, 7) is 0. The van der Waals surface area contributed by atoms with E-state index in [1.54, 1.807) is 12.1 Å². The van der Waals surface area contributed by atoms with Crippen molar-refractivity contribution in [3.63, 3.8) is 0 Å². The number of benzene rings is 2. The molecule has 2 nitrogen and oxygen atoms in total. The molecule has 3 rings (SSSR count). The third kappa shape index (κ3) is 3.09. The van der Waals surface area contributed by atoms with Crippen molar-refractivity contribution < 1.29 is 9.13 Å². The van der Waals surface area contributed by atoms with Crippen LogP contribution in [0.2, 0.25) is 0 Å². The number of rotatable bonds is 3. The quantitative estimate of drug-likeness (QED) is 0.497. The van der Waals surface area contributed by atoms with Crippen molar-refractivity contribution in [2.45, 2.75) is 3.74 Å². The van der Waals surface area contributed by atoms with Crippen LogP contribution in [0, 0.1) is 5.82 Å². The molecule has 0 fully saturated rings. The number of ether oxygens (including phenoxy) is 1. The highest BCUT2D eigenvalue weighted by atomic mass is 79.9. The molecule has 5 heteroatoms. The maximum Gasteiger partial charge on any atom is 0.149 e. The molecule has 1 heterocycles. The van der Waals surface area contributed by atoms with Gasteiger partial charge in [-0.3, -0.25) is 0 Å². The Bertz CT molecular complexity index is 792. The maximum atomic E-state index is 13.6. The molecule has 0 saturated carbocycles. The van der Waals surface area contributed by atoms with Crippen LogP contribution in [0.25, 0.3) is 10.9 Å². The third-order valence-electron chi connectivity index (χ3n) is 3.02. The summed E-state index contributed by atoms with van der Waals surface area (Å²) < 4.78 is 19.5. The minimum absolute atomic E-state index is 0.00735. The van der Waals surface area contributed by atoms with Gasteiger partial charge in [-0.25, -0.2) is 9.37 Å². The van der Waals surface area contributed by atoms with E-state index in [4.69, 9.17) is 4.74 Å². The van der Waals surface area contributed by atoms with Crippen molar-refractivity contribution in [3.05, 3.63) is 66.1 Å². The van der Waals surface area contributed by atoms with Crippen LogP contribution in [0.1, 0.15) is 9.30 Å². The van der Waals surface area contributed by atoms with Crippen LogP contribution in [0.4, 0.5) is 4.39 Å². The molecule has 3 aromatic rings. The first-order valence-electron chi connectivity index (χ1n) is 6.24. The number of hydrogen-bond donors (Lipinski definition) is 0. The molecule has 21 heavy (non-hydrogen) atoms. The molecule has 0 aliphatic rings. The smallest absolute Gasteiger partial charge is 0.149 e. The number of hydrogen-bond acceptors (Lipinski definition) is 2. The minimum Gasteiger partial charge on any atom is -0.455 e. The van der Waals surface area contributed by atoms with Crippen LogP contribution >= 0.6 is 31.9 Å². The first kappa shape index (κ1) is 14.5. The van der Waals surface area contributed by atoms with Gasteiger partial charge in [0.2, 0.25) is 0 Å². The highest BCUT2D eigenvalue weighted by molar-refractivity contribution is 9.24. The molecule has 0 aliphatic heterocycles. The molecule has 0 amide bonds. The number of nitrogens with zero attached hydrogens (tertiary/aromatic N) is 1. The van der Waals surface area contributed by atoms with Crippen molar-refractivity contribution in [1.82, 2.24) is 4.98 Å². The predicted molar refractivity (Wildman–Crippen MR) is 88.8 cm³/mol. The largest absolute Gasteiger partial charge is 0.455 e. The van der Waals surface area contributed by atoms with E-state index in [9.17, 15) is 4.39 Å². The Hall–Kier alpha value is -1.46. The van der Waals surface area contributed by atoms with E-state index in [0.717, 1.165) is 5.56 Å². The van der Waals surface area contributed by atoms with E-state index in [0.29, 0.717) is 22.4 Å². The summed E-state index contributed by atoms with van der Waals surface area (Å²) in [5.41, 5.74) is 1.31. The Balaban J connectivity index is 1.99. The van der Waals surface area contributed by atoms with Gasteiger partial charge in [0.1, 0.15) is 22.8 Å². The Kier molecular flexibility index (Phi) is 4.22. The second kappa shape index (κ2) is 6.12. The standard InChI is InChI=1S/C16H10Br2FNO/c17-16(18)12-5-1-2-7-14(12)21-11-8-10-4-3-6-13(19)15(10)20-9-11/h1-9,16H. The zero-order valence-corrected chi connectivity index (χ0v) is 13.9. The highest BCUT2D eigenvalue weighted by Gasteiger charge is 2.11. The predicted octanol–water partition coefficient (Wildman–Crippen LogP) is 5.95. The van der Waals surface area contributed by atoms with E-state index < -0.39 is 0 Å². The minimum atomic E-state index is -0.333. The molecule has 0 unspecified atom stereocenters. The molecule has 0 radical (unpaired) electrons. The Labute approximate surface area is 138 Å². The number of aromatic nitrogens is 1. The fraction of sp³-hybridized carbons (Fsp3) is 0.0625. The average Bonchev–Trinajstić information content (AvgIpc) is 2.48. The van der Waals surface area contributed by atoms with Crippen molar-refractivity contribution in [2.75, 3.05) is 0 Å². The first-order valence-corrected chi connectivity index (χ1v) is 8.07. The SMILES string of the molecule is Fc1cccc2cc(Oc3ccccc3C(Br)Br)cnc12. The topological polar surface area (TPSA) is 22.1 Å². The second-order valence-electron chi connectivity index (χ2n) is 4.42. The van der Waals surface area contributed by atoms with Gasteiger partial charge < -0.3 is 4.74 Å². The Morgan fingerprint density at radius 2 is 1.86 bits per heavy atom. The van der Waals surface area contributed by atoms with Crippen LogP contribution in [-0.4, -0.2) is 4.98 Å². The average molecular weight is 411 g/mol. The van der Waals surface area contributed by atoms with Crippen LogP contribution < -0.4 is 4.74 Å². The molecule has 106 valence electrons. The summed E-state index contributed by atoms with van der Waals surface area (Å²) in [7, 11) is 0. The third-order valence-corrected chi connectivity index (χ3v) is 4.01. The molecule has 1 aromatic heterocycles. The lowest BCUT2D eigenvalue weighted by Gasteiger charge is -2.12. The van der Waals surface area contributed by atoms with Crippen LogP contribution in [0.3, 0.4) is 0 Å². The van der Waals surface area contributed by atoms with Crippen molar-refractivity contribution in [1.29, 1.82) is 0 Å². The second-order valence-corrected chi connectivity index (χ2v) is 7.48. The molecular formula is C16H10Br2FNO. The van der Waals surface area contributed by atoms with Crippen molar-refractivity contribution in [3.8, 4) is 11.5 Å². The summed E-state index contributed by atoms with van der Waals surface area (Å²) in [5, 5.41) is 0.708. The van der Waals surface area contributed by atoms with Crippen LogP contribution in [-0.2, 0) is 0 Å². The highest BCUT2D eigenvalue weighted by Crippen LogP contribution is 2.37. The fourth-order valence-corrected chi connectivity index (χ4v) is 2.80. The van der Waals surface area contributed by atoms with Gasteiger partial charge in [0.15, 0.2) is 0 Å². The molecule has 0 bridgehead atoms. The van der Waals surface area contributed by atoms with Crippen LogP contribution in [0.15, 0.2) is 54.7 Å². The lowest BCUT2D eigenvalue weighted by Crippen LogP contribution is -1.92. The monoisotopic (exact) mass is 409 g/mol. The number of para-hydroxylation sites is 2. The molecule has 0 aliphatic carbocycles. The van der Waals surface area contributed by atoms with Crippen molar-refractivity contribution in [2.24, 2.45) is 0 Å². The molecule has 0 spiro atoms. The van der Waals surface area contributed by atoms with Gasteiger partial charge in [-0.1, -0.05) is 62.2 Å². The first-order chi connectivity index (χ1) is 10.1. The number of pyridine rings is 1. The lowest BCUT2D eigenvalue weighted by molar-refractivity contribution is 0.477. The summed E-state index contributed by atoms with van der Waals surface area (Å²) in [4.78, 5) is 4.13. The molecular weight excluding hydrogens is 401 g/mol. The van der Waals surface area contributed by atoms with Gasteiger partial charge in [-0.05, 0) is 18.2 Å². The summed E-state index contributed by atoms with van der Waals surface area (Å²) >= 11 is 6.93. The van der Waals surface area contributed by atoms with E-state index in [-0.39, 0.29) is 9.55 Å². The number of halogens is 3. The van der Waals surface area contributed by atoms with Gasteiger partial charge in [0.25, 0.3) is 0 Å². The lowest BCUT2D eigenvalue weighted by atomic mass is 10.2. The summed E-state index contributed by atoms with van der Waals surface area (Å²) in [5.74, 6) is 0.954. The molecule has 0 saturated heterocycles. The Morgan fingerprint density at radius 1 is 1.05 bits per heavy atom. The molecule has 0 N–H and O–H groups in total. The van der Waals surface area contributed by atoms with Gasteiger partial charge >= 0.3 is 0 Å². The van der Waals surface area contributed by atoms with E-state index in [1.165, 1.54) is 12.3 Å². The summed E-state index contributed by atoms with van der Waals surface area (Å²) in [6.07, 6.45) is 1.53. The molecule has 2 aromatic carbocycles. The van der Waals surface area contributed by atoms with Gasteiger partial charge in [0, 0.05) is 10.9 Å². The number of fused-ring (bicyclic) bond motifs is 1. The van der Waals surface area contributed by atoms with E-state index >= 15 is 0 Å². The molecule has 0 atom stereocenters. The number of alkyl halides is 2. The maximum absolute atomic E-state index is 13.6. The van der Waals surface area contributed by atoms with Crippen molar-refractivity contribution >= 4 is 42.8 Å². The zero-order valence-electron chi connectivity index (χ0n) is 10.8. The van der Waals surface area contributed by atoms with E-state index in [2.05, 4.69) is 36.8 Å². The van der Waals surface area contributed by atoms with Gasteiger partial charge in [-0.2, -0.15) is 0 Å². The Morgan fingerprint density at radius 3 is 2.67 bits per heavy atom. The normalized spacial score (nSPS) is 11.0. The van der Waals surface area contributed by atoms with Gasteiger partial charge in [0.05, 0.1) is 9.93 Å².